The van der Waals surface area contributed by atoms with Crippen LogP contribution in [0, 0.1) is 5.92 Å². The summed E-state index contributed by atoms with van der Waals surface area (Å²) in [5, 5.41) is 50.5. The zero-order valence-electron chi connectivity index (χ0n) is 38.0. The number of hydrogen-bond acceptors (Lipinski definition) is 10. The van der Waals surface area contributed by atoms with Crippen molar-refractivity contribution in [3.05, 3.63) is 177 Å². The lowest BCUT2D eigenvalue weighted by Crippen LogP contribution is -2.50. The molecule has 0 spiro atoms. The number of carbonyl (C=O) groups excluding carboxylic acids is 2. The molecular weight excluding hydrogens is 863 g/mol. The number of nitrogens with one attached hydrogen (secondary N) is 3. The van der Waals surface area contributed by atoms with Gasteiger partial charge in [0.25, 0.3) is 11.8 Å². The van der Waals surface area contributed by atoms with Gasteiger partial charge >= 0.3 is 5.97 Å². The van der Waals surface area contributed by atoms with Gasteiger partial charge in [-0.05, 0) is 123 Å². The number of rotatable bonds is 18. The lowest BCUT2D eigenvalue weighted by molar-refractivity contribution is -0.155. The van der Waals surface area contributed by atoms with E-state index in [1.807, 2.05) is 30.3 Å². The van der Waals surface area contributed by atoms with Gasteiger partial charge in [-0.15, -0.1) is 0 Å². The van der Waals surface area contributed by atoms with E-state index >= 15 is 0 Å². The number of phenolic OH excluding ortho intramolecular Hbond substituents is 1. The summed E-state index contributed by atoms with van der Waals surface area (Å²) in [5.74, 6) is -1.43. The number of nitrogens with zero attached hydrogens (tertiary/aromatic N) is 2. The third-order valence-corrected chi connectivity index (χ3v) is 13.3. The first kappa shape index (κ1) is 47.6. The van der Waals surface area contributed by atoms with Crippen LogP contribution in [0.25, 0.3) is 10.9 Å². The van der Waals surface area contributed by atoms with E-state index in [2.05, 4.69) is 44.8 Å². The van der Waals surface area contributed by atoms with Crippen molar-refractivity contribution in [1.29, 1.82) is 0 Å². The average Bonchev–Trinajstić information content (AvgIpc) is 3.36. The monoisotopic (exact) mass is 921 g/mol. The summed E-state index contributed by atoms with van der Waals surface area (Å²) in [6.45, 7) is 4.14. The Morgan fingerprint density at radius 3 is 2.38 bits per heavy atom. The molecule has 0 unspecified atom stereocenters. The predicted molar refractivity (Wildman–Crippen MR) is 258 cm³/mol. The first-order chi connectivity index (χ1) is 32.9. The number of fused-ring (bicyclic) bond motifs is 1. The number of amides is 2. The molecule has 0 saturated carbocycles. The van der Waals surface area contributed by atoms with Crippen LogP contribution in [0.4, 0.5) is 0 Å². The van der Waals surface area contributed by atoms with Crippen molar-refractivity contribution >= 4 is 28.7 Å². The Morgan fingerprint density at radius 1 is 0.838 bits per heavy atom. The van der Waals surface area contributed by atoms with Crippen LogP contribution >= 0.6 is 0 Å². The summed E-state index contributed by atoms with van der Waals surface area (Å²) in [4.78, 5) is 58.3. The molecule has 0 bridgehead atoms. The Kier molecular flexibility index (Phi) is 15.3. The van der Waals surface area contributed by atoms with E-state index in [1.165, 1.54) is 23.8 Å². The summed E-state index contributed by atoms with van der Waals surface area (Å²) in [7, 11) is 0. The molecular formula is C54H59N5O9. The number of aromatic amines is 1. The highest BCUT2D eigenvalue weighted by molar-refractivity contribution is 5.94. The molecule has 2 aliphatic heterocycles. The number of benzene rings is 5. The minimum Gasteiger partial charge on any atom is -0.506 e. The van der Waals surface area contributed by atoms with Gasteiger partial charge in [-0.1, -0.05) is 84.9 Å². The van der Waals surface area contributed by atoms with Gasteiger partial charge in [0.2, 0.25) is 11.2 Å². The van der Waals surface area contributed by atoms with Gasteiger partial charge in [-0.2, -0.15) is 0 Å². The third kappa shape index (κ3) is 11.5. The normalized spacial score (nSPS) is 17.0. The number of carbonyl (C=O) groups is 3. The Labute approximate surface area is 395 Å². The number of aliphatic carboxylic acids is 1. The molecule has 8 rings (SSSR count). The number of H-pyrrole nitrogens is 1. The molecule has 68 heavy (non-hydrogen) atoms. The predicted octanol–water partition coefficient (Wildman–Crippen LogP) is 5.67. The maximum Gasteiger partial charge on any atom is 0.345 e. The minimum atomic E-state index is -2.36. The Hall–Kier alpha value is -6.84. The number of piperidine rings is 2. The fourth-order valence-electron chi connectivity index (χ4n) is 9.58. The van der Waals surface area contributed by atoms with E-state index in [0.29, 0.717) is 73.3 Å². The fraction of sp³-hybridized carbons (Fsp3) is 0.333. The van der Waals surface area contributed by atoms with Crippen LogP contribution in [0.5, 0.6) is 11.5 Å². The van der Waals surface area contributed by atoms with Gasteiger partial charge in [0.05, 0.1) is 11.6 Å². The smallest absolute Gasteiger partial charge is 0.345 e. The molecule has 0 radical (unpaired) electrons. The number of likely N-dealkylation sites (tertiary alicyclic amines) is 2. The number of hydrogen-bond donors (Lipinski definition) is 7. The number of aliphatic hydroxyl groups is 2. The SMILES string of the molecule is O=C(COc1cccc([C@@](O)(C(=O)O)c2ccccc2CC2CCN(Cc3ccccc3)CC2)c1)N[C@H]1CCCN(C(=O)c2ccc(CCNC[C@H](O)c3ccc(O)c4[nH]c(=O)ccc34)cc2)C1. The third-order valence-electron chi connectivity index (χ3n) is 13.3. The minimum absolute atomic E-state index is 0.0665. The molecule has 2 saturated heterocycles. The van der Waals surface area contributed by atoms with Crippen LogP contribution in [-0.4, -0.2) is 105 Å². The zero-order chi connectivity index (χ0) is 47.6. The average molecular weight is 922 g/mol. The first-order valence-corrected chi connectivity index (χ1v) is 23.4. The van der Waals surface area contributed by atoms with Crippen LogP contribution in [0.15, 0.2) is 132 Å². The van der Waals surface area contributed by atoms with Crippen LogP contribution in [0.1, 0.15) is 75.5 Å². The van der Waals surface area contributed by atoms with E-state index in [-0.39, 0.29) is 59.1 Å². The number of ether oxygens (including phenoxy) is 1. The number of carboxylic acids is 1. The number of aliphatic hydroxyl groups excluding tert-OH is 1. The Balaban J connectivity index is 0.802. The molecule has 5 aromatic carbocycles. The van der Waals surface area contributed by atoms with Crippen molar-refractivity contribution in [3.8, 4) is 11.5 Å². The highest BCUT2D eigenvalue weighted by Gasteiger charge is 2.42. The van der Waals surface area contributed by atoms with Gasteiger partial charge < -0.3 is 45.7 Å². The second-order valence-corrected chi connectivity index (χ2v) is 18.0. The number of pyridine rings is 1. The van der Waals surface area contributed by atoms with Gasteiger partial charge in [-0.25, -0.2) is 4.79 Å². The molecule has 1 aromatic heterocycles. The maximum absolute atomic E-state index is 13.6. The Bertz CT molecular complexity index is 2760. The van der Waals surface area contributed by atoms with Crippen LogP contribution in [0.3, 0.4) is 0 Å². The van der Waals surface area contributed by atoms with Gasteiger partial charge in [-0.3, -0.25) is 19.3 Å². The van der Waals surface area contributed by atoms with E-state index in [1.54, 1.807) is 59.5 Å². The number of carboxylic acid groups (broad SMARTS) is 1. The molecule has 0 aliphatic carbocycles. The van der Waals surface area contributed by atoms with Gasteiger partial charge in [0.1, 0.15) is 11.5 Å². The molecule has 2 amide bonds. The van der Waals surface area contributed by atoms with E-state index < -0.39 is 17.7 Å². The number of aromatic nitrogens is 1. The summed E-state index contributed by atoms with van der Waals surface area (Å²) in [5.41, 5.74) is 2.20. The molecule has 2 fully saturated rings. The van der Waals surface area contributed by atoms with Crippen molar-refractivity contribution < 1.29 is 39.5 Å². The van der Waals surface area contributed by atoms with Crippen LogP contribution in [-0.2, 0) is 34.6 Å². The van der Waals surface area contributed by atoms with Crippen molar-refractivity contribution in [2.24, 2.45) is 5.92 Å². The van der Waals surface area contributed by atoms with Crippen LogP contribution < -0.4 is 20.9 Å². The molecule has 14 heteroatoms. The number of phenols is 1. The van der Waals surface area contributed by atoms with Crippen molar-refractivity contribution in [2.75, 3.05) is 45.9 Å². The number of aromatic hydroxyl groups is 1. The highest BCUT2D eigenvalue weighted by Crippen LogP contribution is 2.36. The van der Waals surface area contributed by atoms with E-state index in [4.69, 9.17) is 4.74 Å². The first-order valence-electron chi connectivity index (χ1n) is 23.4. The highest BCUT2D eigenvalue weighted by atomic mass is 16.5. The van der Waals surface area contributed by atoms with Gasteiger partial charge in [0, 0.05) is 60.4 Å². The summed E-state index contributed by atoms with van der Waals surface area (Å²) in [6, 6.07) is 37.0. The maximum atomic E-state index is 13.6. The summed E-state index contributed by atoms with van der Waals surface area (Å²) in [6.07, 6.45) is 3.74. The molecule has 6 aromatic rings. The van der Waals surface area contributed by atoms with Crippen molar-refractivity contribution in [3.63, 3.8) is 0 Å². The van der Waals surface area contributed by atoms with Crippen molar-refractivity contribution in [2.45, 2.75) is 62.8 Å². The Morgan fingerprint density at radius 2 is 1.60 bits per heavy atom. The van der Waals surface area contributed by atoms with Gasteiger partial charge in [0.15, 0.2) is 6.61 Å². The molecule has 3 atom stereocenters. The van der Waals surface area contributed by atoms with Crippen molar-refractivity contribution in [1.82, 2.24) is 25.4 Å². The molecule has 14 nitrogen and oxygen atoms in total. The summed E-state index contributed by atoms with van der Waals surface area (Å²) < 4.78 is 5.87. The molecule has 3 heterocycles. The lowest BCUT2D eigenvalue weighted by atomic mass is 9.80. The second-order valence-electron chi connectivity index (χ2n) is 18.0. The lowest BCUT2D eigenvalue weighted by Gasteiger charge is -2.33. The molecule has 2 aliphatic rings. The fourth-order valence-corrected chi connectivity index (χ4v) is 9.58. The standard InChI is InChI=1S/C54H59N5O9/c60-47-21-19-44(45-20-22-49(62)57-51(45)47)48(61)32-55-26-23-36-15-17-39(18-16-36)52(64)59-27-7-12-42(34-59)56-50(63)35-68-43-13-6-11-41(31-43)54(67,53(65)66)46-14-5-4-10-40(46)30-37-24-28-58(29-25-37)33-38-8-2-1-3-9-38/h1-6,8-11,13-22,31,37,42,48,55,60-61,67H,7,12,23-30,32-35H2,(H,56,63)(H,57,62)(H,65,66)/t42-,48-,54-/m0/s1. The van der Waals surface area contributed by atoms with Crippen LogP contribution in [0.2, 0.25) is 0 Å². The summed E-state index contributed by atoms with van der Waals surface area (Å²) >= 11 is 0. The second kappa shape index (κ2) is 21.9. The quantitative estimate of drug-likeness (QED) is 0.0523. The van der Waals surface area contributed by atoms with E-state index in [9.17, 15) is 39.6 Å². The topological polar surface area (TPSA) is 205 Å². The van der Waals surface area contributed by atoms with E-state index in [0.717, 1.165) is 43.6 Å². The molecule has 354 valence electrons. The zero-order valence-corrected chi connectivity index (χ0v) is 38.0. The molecule has 7 N–H and O–H groups in total. The largest absolute Gasteiger partial charge is 0.506 e.